The summed E-state index contributed by atoms with van der Waals surface area (Å²) in [6.45, 7) is 1.68. The standard InChI is InChI=1S/C22H30N2O3/c1-24(19-9-5-4-6-10-19)16-8-7-15-23-22(25)14-11-18-17-20(26-2)12-13-21(18)27-3/h4-6,9-10,12-13,17H,7-8,11,14-16H2,1-3H3,(H,23,25). The van der Waals surface area contributed by atoms with Gasteiger partial charge in [0.1, 0.15) is 11.5 Å². The lowest BCUT2D eigenvalue weighted by Crippen LogP contribution is -2.26. The van der Waals surface area contributed by atoms with E-state index in [9.17, 15) is 4.79 Å². The highest BCUT2D eigenvalue weighted by Gasteiger charge is 2.08. The van der Waals surface area contributed by atoms with Gasteiger partial charge in [-0.25, -0.2) is 0 Å². The Morgan fingerprint density at radius 1 is 1.04 bits per heavy atom. The lowest BCUT2D eigenvalue weighted by Gasteiger charge is -2.19. The van der Waals surface area contributed by atoms with E-state index in [-0.39, 0.29) is 5.91 Å². The number of rotatable bonds is 11. The fourth-order valence-electron chi connectivity index (χ4n) is 2.93. The molecule has 2 aromatic carbocycles. The van der Waals surface area contributed by atoms with E-state index in [1.165, 1.54) is 5.69 Å². The molecule has 0 unspecified atom stereocenters. The number of aryl methyl sites for hydroxylation is 1. The molecule has 2 rings (SSSR count). The molecule has 0 radical (unpaired) electrons. The van der Waals surface area contributed by atoms with Crippen molar-refractivity contribution in [3.05, 3.63) is 54.1 Å². The molecule has 1 amide bonds. The molecule has 0 atom stereocenters. The van der Waals surface area contributed by atoms with E-state index in [1.807, 2.05) is 36.4 Å². The molecule has 146 valence electrons. The number of amides is 1. The molecule has 1 N–H and O–H groups in total. The van der Waals surface area contributed by atoms with Gasteiger partial charge in [-0.05, 0) is 55.2 Å². The predicted octanol–water partition coefficient (Wildman–Crippen LogP) is 3.67. The van der Waals surface area contributed by atoms with E-state index < -0.39 is 0 Å². The van der Waals surface area contributed by atoms with Gasteiger partial charge >= 0.3 is 0 Å². The molecule has 5 nitrogen and oxygen atoms in total. The zero-order valence-electron chi connectivity index (χ0n) is 16.5. The summed E-state index contributed by atoms with van der Waals surface area (Å²) in [6.07, 6.45) is 3.07. The van der Waals surface area contributed by atoms with Crippen molar-refractivity contribution in [2.45, 2.75) is 25.7 Å². The van der Waals surface area contributed by atoms with Gasteiger partial charge in [0.25, 0.3) is 0 Å². The summed E-state index contributed by atoms with van der Waals surface area (Å²) >= 11 is 0. The van der Waals surface area contributed by atoms with Crippen LogP contribution in [0.5, 0.6) is 11.5 Å². The van der Waals surface area contributed by atoms with E-state index in [0.29, 0.717) is 19.4 Å². The summed E-state index contributed by atoms with van der Waals surface area (Å²) in [5.41, 5.74) is 2.20. The third-order valence-corrected chi connectivity index (χ3v) is 4.55. The number of carbonyl (C=O) groups excluding carboxylic acids is 1. The largest absolute Gasteiger partial charge is 0.497 e. The Morgan fingerprint density at radius 2 is 1.81 bits per heavy atom. The summed E-state index contributed by atoms with van der Waals surface area (Å²) in [5, 5.41) is 3.00. The zero-order chi connectivity index (χ0) is 19.5. The monoisotopic (exact) mass is 370 g/mol. The maximum Gasteiger partial charge on any atom is 0.220 e. The summed E-state index contributed by atoms with van der Waals surface area (Å²) < 4.78 is 10.6. The van der Waals surface area contributed by atoms with Crippen LogP contribution in [0, 0.1) is 0 Å². The highest BCUT2D eigenvalue weighted by Crippen LogP contribution is 2.25. The van der Waals surface area contributed by atoms with Crippen LogP contribution in [0.4, 0.5) is 5.69 Å². The van der Waals surface area contributed by atoms with E-state index in [4.69, 9.17) is 9.47 Å². The molecule has 0 heterocycles. The molecule has 0 aliphatic rings. The second-order valence-corrected chi connectivity index (χ2v) is 6.49. The fourth-order valence-corrected chi connectivity index (χ4v) is 2.93. The van der Waals surface area contributed by atoms with Crippen molar-refractivity contribution in [2.75, 3.05) is 39.3 Å². The first-order valence-corrected chi connectivity index (χ1v) is 9.38. The number of unbranched alkanes of at least 4 members (excludes halogenated alkanes) is 1. The number of anilines is 1. The Kier molecular flexibility index (Phi) is 8.49. The topological polar surface area (TPSA) is 50.8 Å². The third-order valence-electron chi connectivity index (χ3n) is 4.55. The van der Waals surface area contributed by atoms with Crippen molar-refractivity contribution >= 4 is 11.6 Å². The van der Waals surface area contributed by atoms with Gasteiger partial charge in [-0.2, -0.15) is 0 Å². The Bertz CT molecular complexity index is 704. The first-order valence-electron chi connectivity index (χ1n) is 9.38. The average molecular weight is 370 g/mol. The summed E-state index contributed by atoms with van der Waals surface area (Å²) in [7, 11) is 5.36. The number of para-hydroxylation sites is 1. The van der Waals surface area contributed by atoms with E-state index in [1.54, 1.807) is 14.2 Å². The molecule has 2 aromatic rings. The first kappa shape index (κ1) is 20.6. The van der Waals surface area contributed by atoms with Crippen LogP contribution in [-0.4, -0.2) is 40.3 Å². The van der Waals surface area contributed by atoms with Crippen LogP contribution < -0.4 is 19.7 Å². The maximum atomic E-state index is 12.1. The number of methoxy groups -OCH3 is 2. The van der Waals surface area contributed by atoms with Gasteiger partial charge in [0.2, 0.25) is 5.91 Å². The number of nitrogens with one attached hydrogen (secondary N) is 1. The quantitative estimate of drug-likeness (QED) is 0.613. The highest BCUT2D eigenvalue weighted by atomic mass is 16.5. The lowest BCUT2D eigenvalue weighted by molar-refractivity contribution is -0.121. The van der Waals surface area contributed by atoms with Crippen molar-refractivity contribution in [1.82, 2.24) is 5.32 Å². The Labute approximate surface area is 162 Å². The summed E-state index contributed by atoms with van der Waals surface area (Å²) in [5.74, 6) is 1.62. The number of carbonyl (C=O) groups is 1. The van der Waals surface area contributed by atoms with E-state index in [0.717, 1.165) is 36.4 Å². The molecule has 0 aromatic heterocycles. The van der Waals surface area contributed by atoms with Gasteiger partial charge in [0, 0.05) is 32.2 Å². The van der Waals surface area contributed by atoms with Crippen LogP contribution >= 0.6 is 0 Å². The molecule has 0 aliphatic heterocycles. The van der Waals surface area contributed by atoms with Crippen LogP contribution in [0.1, 0.15) is 24.8 Å². The average Bonchev–Trinajstić information content (AvgIpc) is 2.72. The second kappa shape index (κ2) is 11.1. The molecule has 0 spiro atoms. The third kappa shape index (κ3) is 6.85. The van der Waals surface area contributed by atoms with Crippen molar-refractivity contribution in [1.29, 1.82) is 0 Å². The minimum absolute atomic E-state index is 0.0660. The number of hydrogen-bond acceptors (Lipinski definition) is 4. The molecular weight excluding hydrogens is 340 g/mol. The van der Waals surface area contributed by atoms with Crippen LogP contribution in [0.3, 0.4) is 0 Å². The molecule has 0 aliphatic carbocycles. The lowest BCUT2D eigenvalue weighted by atomic mass is 10.1. The molecule has 0 fully saturated rings. The molecule has 0 saturated carbocycles. The Morgan fingerprint density at radius 3 is 2.52 bits per heavy atom. The fraction of sp³-hybridized carbons (Fsp3) is 0.409. The molecular formula is C22H30N2O3. The van der Waals surface area contributed by atoms with E-state index >= 15 is 0 Å². The van der Waals surface area contributed by atoms with Crippen LogP contribution in [0.25, 0.3) is 0 Å². The number of nitrogens with zero attached hydrogens (tertiary/aromatic N) is 1. The highest BCUT2D eigenvalue weighted by molar-refractivity contribution is 5.76. The van der Waals surface area contributed by atoms with Crippen molar-refractivity contribution in [2.24, 2.45) is 0 Å². The minimum atomic E-state index is 0.0660. The van der Waals surface area contributed by atoms with Crippen molar-refractivity contribution in [3.63, 3.8) is 0 Å². The number of ether oxygens (including phenoxy) is 2. The van der Waals surface area contributed by atoms with E-state index in [2.05, 4.69) is 29.4 Å². The Hall–Kier alpha value is -2.69. The zero-order valence-corrected chi connectivity index (χ0v) is 16.5. The van der Waals surface area contributed by atoms with Gasteiger partial charge in [0.15, 0.2) is 0 Å². The Balaban J connectivity index is 1.65. The summed E-state index contributed by atoms with van der Waals surface area (Å²) in [6, 6.07) is 16.0. The van der Waals surface area contributed by atoms with Gasteiger partial charge in [-0.3, -0.25) is 4.79 Å². The molecule has 5 heteroatoms. The van der Waals surface area contributed by atoms with Crippen molar-refractivity contribution < 1.29 is 14.3 Å². The predicted molar refractivity (Wildman–Crippen MR) is 110 cm³/mol. The van der Waals surface area contributed by atoms with Crippen LogP contribution in [0.15, 0.2) is 48.5 Å². The maximum absolute atomic E-state index is 12.1. The molecule has 0 saturated heterocycles. The first-order chi connectivity index (χ1) is 13.1. The normalized spacial score (nSPS) is 10.3. The van der Waals surface area contributed by atoms with Gasteiger partial charge in [-0.15, -0.1) is 0 Å². The van der Waals surface area contributed by atoms with Crippen LogP contribution in [-0.2, 0) is 11.2 Å². The number of hydrogen-bond donors (Lipinski definition) is 1. The van der Waals surface area contributed by atoms with Gasteiger partial charge in [-0.1, -0.05) is 18.2 Å². The summed E-state index contributed by atoms with van der Waals surface area (Å²) in [4.78, 5) is 14.3. The van der Waals surface area contributed by atoms with Gasteiger partial charge < -0.3 is 19.7 Å². The molecule has 0 bridgehead atoms. The number of benzene rings is 2. The smallest absolute Gasteiger partial charge is 0.220 e. The molecule has 27 heavy (non-hydrogen) atoms. The SMILES string of the molecule is COc1ccc(OC)c(CCC(=O)NCCCCN(C)c2ccccc2)c1. The second-order valence-electron chi connectivity index (χ2n) is 6.49. The van der Waals surface area contributed by atoms with Crippen molar-refractivity contribution in [3.8, 4) is 11.5 Å². The van der Waals surface area contributed by atoms with Crippen LogP contribution in [0.2, 0.25) is 0 Å². The van der Waals surface area contributed by atoms with Gasteiger partial charge in [0.05, 0.1) is 14.2 Å². The minimum Gasteiger partial charge on any atom is -0.497 e.